The minimum Gasteiger partial charge on any atom is -0.435 e. The lowest BCUT2D eigenvalue weighted by Gasteiger charge is -2.22. The molecule has 2 rings (SSSR count). The number of aliphatic hydroxyl groups is 1. The minimum atomic E-state index is -2.91. The number of rotatable bonds is 4. The molecule has 1 heterocycles. The molecule has 6 nitrogen and oxygen atoms in total. The number of hydrogen-bond donors (Lipinski definition) is 2. The van der Waals surface area contributed by atoms with E-state index >= 15 is 0 Å². The molecule has 1 aliphatic heterocycles. The summed E-state index contributed by atoms with van der Waals surface area (Å²) in [6.45, 7) is -1.46. The molecule has 0 radical (unpaired) electrons. The van der Waals surface area contributed by atoms with Crippen molar-refractivity contribution in [1.29, 1.82) is 0 Å². The third-order valence-electron chi connectivity index (χ3n) is 3.33. The Morgan fingerprint density at radius 1 is 1.36 bits per heavy atom. The van der Waals surface area contributed by atoms with E-state index in [2.05, 4.69) is 10.1 Å². The van der Waals surface area contributed by atoms with Gasteiger partial charge in [-0.1, -0.05) is 0 Å². The highest BCUT2D eigenvalue weighted by Crippen LogP contribution is 2.21. The van der Waals surface area contributed by atoms with E-state index in [0.29, 0.717) is 5.69 Å². The van der Waals surface area contributed by atoms with Crippen LogP contribution in [0.1, 0.15) is 13.3 Å². The van der Waals surface area contributed by atoms with E-state index in [-0.39, 0.29) is 24.6 Å². The van der Waals surface area contributed by atoms with E-state index < -0.39 is 24.7 Å². The van der Waals surface area contributed by atoms with E-state index in [9.17, 15) is 23.5 Å². The molecule has 8 heteroatoms. The molecule has 22 heavy (non-hydrogen) atoms. The van der Waals surface area contributed by atoms with E-state index in [1.807, 2.05) is 0 Å². The van der Waals surface area contributed by atoms with Crippen molar-refractivity contribution >= 4 is 17.5 Å². The second-order valence-corrected chi connectivity index (χ2v) is 4.97. The number of ether oxygens (including phenoxy) is 1. The smallest absolute Gasteiger partial charge is 0.387 e. The van der Waals surface area contributed by atoms with Gasteiger partial charge in [-0.2, -0.15) is 8.78 Å². The van der Waals surface area contributed by atoms with E-state index in [1.165, 1.54) is 36.1 Å². The highest BCUT2D eigenvalue weighted by atomic mass is 19.3. The summed E-state index contributed by atoms with van der Waals surface area (Å²) in [4.78, 5) is 24.9. The Kier molecular flexibility index (Phi) is 4.92. The number of hydrogen-bond acceptors (Lipinski definition) is 4. The van der Waals surface area contributed by atoms with Gasteiger partial charge in [0, 0.05) is 25.6 Å². The van der Waals surface area contributed by atoms with Gasteiger partial charge in [0.1, 0.15) is 11.8 Å². The van der Waals surface area contributed by atoms with Gasteiger partial charge in [0.2, 0.25) is 11.8 Å². The molecule has 0 aliphatic carbocycles. The predicted octanol–water partition coefficient (Wildman–Crippen LogP) is 1.21. The van der Waals surface area contributed by atoms with Crippen molar-refractivity contribution in [3.8, 4) is 5.75 Å². The van der Waals surface area contributed by atoms with Gasteiger partial charge < -0.3 is 20.1 Å². The third-order valence-corrected chi connectivity index (χ3v) is 3.33. The van der Waals surface area contributed by atoms with Crippen LogP contribution in [-0.4, -0.2) is 47.1 Å². The summed E-state index contributed by atoms with van der Waals surface area (Å²) in [5.74, 6) is -0.749. The normalized spacial score (nSPS) is 21.0. The number of carbonyl (C=O) groups is 2. The van der Waals surface area contributed by atoms with E-state index in [1.54, 1.807) is 0 Å². The quantitative estimate of drug-likeness (QED) is 0.875. The summed E-state index contributed by atoms with van der Waals surface area (Å²) >= 11 is 0. The number of benzene rings is 1. The Morgan fingerprint density at radius 3 is 2.55 bits per heavy atom. The minimum absolute atomic E-state index is 0.0188. The van der Waals surface area contributed by atoms with Crippen molar-refractivity contribution in [2.75, 3.05) is 11.9 Å². The Bertz CT molecular complexity index is 550. The number of nitrogens with one attached hydrogen (secondary N) is 1. The molecule has 1 fully saturated rings. The van der Waals surface area contributed by atoms with Gasteiger partial charge in [-0.3, -0.25) is 9.59 Å². The largest absolute Gasteiger partial charge is 0.435 e. The maximum atomic E-state index is 12.2. The molecule has 0 bridgehead atoms. The Balaban J connectivity index is 2.00. The topological polar surface area (TPSA) is 78.9 Å². The number of aliphatic hydroxyl groups excluding tert-OH is 1. The number of β-amino-alcohol motifs (C(OH)–C–C–N with tert-alkyl or cyclic N) is 1. The number of likely N-dealkylation sites (tertiary alicyclic amines) is 1. The molecule has 0 unspecified atom stereocenters. The first kappa shape index (κ1) is 16.2. The lowest BCUT2D eigenvalue weighted by molar-refractivity contribution is -0.134. The molecule has 2 atom stereocenters. The molecular formula is C14H16F2N2O4. The monoisotopic (exact) mass is 314 g/mol. The number of halogens is 2. The molecule has 2 N–H and O–H groups in total. The summed E-state index contributed by atoms with van der Waals surface area (Å²) in [5, 5.41) is 12.2. The number of carbonyl (C=O) groups excluding carboxylic acids is 2. The Labute approximate surface area is 125 Å². The van der Waals surface area contributed by atoms with Crippen LogP contribution in [0.3, 0.4) is 0 Å². The fourth-order valence-corrected chi connectivity index (χ4v) is 2.36. The summed E-state index contributed by atoms with van der Waals surface area (Å²) < 4.78 is 28.3. The SMILES string of the molecule is CC(=O)N1C[C@H](O)C[C@@H]1C(=O)Nc1ccc(OC(F)F)cc1. The number of alkyl halides is 2. The zero-order chi connectivity index (χ0) is 16.3. The van der Waals surface area contributed by atoms with Gasteiger partial charge in [0.25, 0.3) is 0 Å². The van der Waals surface area contributed by atoms with Gasteiger partial charge in [-0.25, -0.2) is 0 Å². The average Bonchev–Trinajstić information content (AvgIpc) is 2.83. The van der Waals surface area contributed by atoms with Gasteiger partial charge in [-0.05, 0) is 24.3 Å². The van der Waals surface area contributed by atoms with Crippen molar-refractivity contribution in [3.05, 3.63) is 24.3 Å². The van der Waals surface area contributed by atoms with Crippen molar-refractivity contribution < 1.29 is 28.2 Å². The maximum absolute atomic E-state index is 12.2. The van der Waals surface area contributed by atoms with Crippen LogP contribution in [0.25, 0.3) is 0 Å². The molecule has 1 aliphatic rings. The first-order chi connectivity index (χ1) is 10.4. The van der Waals surface area contributed by atoms with Crippen LogP contribution in [0.5, 0.6) is 5.75 Å². The van der Waals surface area contributed by atoms with Crippen LogP contribution in [0, 0.1) is 0 Å². The van der Waals surface area contributed by atoms with Crippen LogP contribution in [0.15, 0.2) is 24.3 Å². The lowest BCUT2D eigenvalue weighted by Crippen LogP contribution is -2.42. The van der Waals surface area contributed by atoms with Crippen molar-refractivity contribution in [3.63, 3.8) is 0 Å². The lowest BCUT2D eigenvalue weighted by atomic mass is 10.1. The molecule has 1 aromatic carbocycles. The van der Waals surface area contributed by atoms with Crippen LogP contribution in [-0.2, 0) is 9.59 Å². The van der Waals surface area contributed by atoms with Gasteiger partial charge in [-0.15, -0.1) is 0 Å². The molecule has 1 saturated heterocycles. The molecule has 1 aromatic rings. The predicted molar refractivity (Wildman–Crippen MR) is 73.5 cm³/mol. The zero-order valence-electron chi connectivity index (χ0n) is 11.8. The Hall–Kier alpha value is -2.22. The molecule has 0 saturated carbocycles. The molecule has 120 valence electrons. The van der Waals surface area contributed by atoms with Crippen molar-refractivity contribution in [1.82, 2.24) is 4.90 Å². The molecule has 0 spiro atoms. The fourth-order valence-electron chi connectivity index (χ4n) is 2.36. The van der Waals surface area contributed by atoms with Crippen molar-refractivity contribution in [2.24, 2.45) is 0 Å². The van der Waals surface area contributed by atoms with E-state index in [0.717, 1.165) is 0 Å². The Morgan fingerprint density at radius 2 is 2.00 bits per heavy atom. The van der Waals surface area contributed by atoms with Gasteiger partial charge in [0.05, 0.1) is 6.10 Å². The summed E-state index contributed by atoms with van der Waals surface area (Å²) in [6, 6.07) is 4.68. The summed E-state index contributed by atoms with van der Waals surface area (Å²) in [6.07, 6.45) is -0.570. The standard InChI is InChI=1S/C14H16F2N2O4/c1-8(19)18-7-10(20)6-12(18)13(21)17-9-2-4-11(5-3-9)22-14(15)16/h2-5,10,12,14,20H,6-7H2,1H3,(H,17,21)/t10-,12-/m1/s1. The van der Waals surface area contributed by atoms with Crippen molar-refractivity contribution in [2.45, 2.75) is 32.1 Å². The van der Waals surface area contributed by atoms with Crippen LogP contribution >= 0.6 is 0 Å². The number of nitrogens with zero attached hydrogens (tertiary/aromatic N) is 1. The fraction of sp³-hybridized carbons (Fsp3) is 0.429. The maximum Gasteiger partial charge on any atom is 0.387 e. The molecular weight excluding hydrogens is 298 g/mol. The van der Waals surface area contributed by atoms with Crippen LogP contribution in [0.4, 0.5) is 14.5 Å². The van der Waals surface area contributed by atoms with Crippen LogP contribution in [0.2, 0.25) is 0 Å². The summed E-state index contributed by atoms with van der Waals surface area (Å²) in [7, 11) is 0. The van der Waals surface area contributed by atoms with Crippen LogP contribution < -0.4 is 10.1 Å². The van der Waals surface area contributed by atoms with E-state index in [4.69, 9.17) is 0 Å². The zero-order valence-corrected chi connectivity index (χ0v) is 11.8. The molecule has 2 amide bonds. The first-order valence-corrected chi connectivity index (χ1v) is 6.68. The van der Waals surface area contributed by atoms with Gasteiger partial charge >= 0.3 is 6.61 Å². The third kappa shape index (κ3) is 3.91. The highest BCUT2D eigenvalue weighted by Gasteiger charge is 2.37. The average molecular weight is 314 g/mol. The number of anilines is 1. The molecule has 0 aromatic heterocycles. The number of amides is 2. The van der Waals surface area contributed by atoms with Gasteiger partial charge in [0.15, 0.2) is 0 Å². The highest BCUT2D eigenvalue weighted by molar-refractivity contribution is 5.97. The second kappa shape index (κ2) is 6.69. The second-order valence-electron chi connectivity index (χ2n) is 4.97. The first-order valence-electron chi connectivity index (χ1n) is 6.68. The summed E-state index contributed by atoms with van der Waals surface area (Å²) in [5.41, 5.74) is 0.386.